The Morgan fingerprint density at radius 1 is 1.33 bits per heavy atom. The predicted octanol–water partition coefficient (Wildman–Crippen LogP) is 2.78. The van der Waals surface area contributed by atoms with Gasteiger partial charge in [-0.15, -0.1) is 0 Å². The van der Waals surface area contributed by atoms with Gasteiger partial charge in [0.15, 0.2) is 0 Å². The van der Waals surface area contributed by atoms with Crippen LogP contribution in [0.15, 0.2) is 12.2 Å². The van der Waals surface area contributed by atoms with E-state index in [1.807, 2.05) is 0 Å². The second-order valence-corrected chi connectivity index (χ2v) is 3.96. The summed E-state index contributed by atoms with van der Waals surface area (Å²) in [6.07, 6.45) is 8.56. The molecule has 88 valence electrons. The number of unbranched alkanes of at least 4 members (excludes halogenated alkanes) is 1. The number of amides is 2. The first-order valence-electron chi connectivity index (χ1n) is 5.76. The van der Waals surface area contributed by atoms with Crippen molar-refractivity contribution >= 4 is 6.03 Å². The van der Waals surface area contributed by atoms with E-state index in [0.29, 0.717) is 0 Å². The van der Waals surface area contributed by atoms with Gasteiger partial charge in [-0.05, 0) is 12.8 Å². The summed E-state index contributed by atoms with van der Waals surface area (Å²) in [5.41, 5.74) is 0. The molecule has 0 rings (SSSR count). The van der Waals surface area contributed by atoms with Gasteiger partial charge in [-0.1, -0.05) is 38.8 Å². The monoisotopic (exact) mass is 212 g/mol. The van der Waals surface area contributed by atoms with Crippen LogP contribution in [0.1, 0.15) is 39.5 Å². The largest absolute Gasteiger partial charge is 0.332 e. The number of rotatable bonds is 6. The maximum atomic E-state index is 11.4. The van der Waals surface area contributed by atoms with Crippen LogP contribution in [0, 0.1) is 0 Å². The predicted molar refractivity (Wildman–Crippen MR) is 65.0 cm³/mol. The Kier molecular flexibility index (Phi) is 7.78. The van der Waals surface area contributed by atoms with E-state index in [1.54, 1.807) is 19.0 Å². The van der Waals surface area contributed by atoms with Gasteiger partial charge in [0.25, 0.3) is 0 Å². The highest BCUT2D eigenvalue weighted by Gasteiger charge is 2.08. The normalized spacial score (nSPS) is 12.8. The molecule has 0 fully saturated rings. The molecule has 0 aliphatic rings. The molecule has 1 atom stereocenters. The lowest BCUT2D eigenvalue weighted by Crippen LogP contribution is -2.40. The number of carbonyl (C=O) groups is 1. The maximum Gasteiger partial charge on any atom is 0.317 e. The van der Waals surface area contributed by atoms with Crippen LogP contribution in [0.2, 0.25) is 0 Å². The number of hydrogen-bond donors (Lipinski definition) is 1. The number of carbonyl (C=O) groups excluding carboxylic acids is 1. The number of nitrogens with one attached hydrogen (secondary N) is 1. The Labute approximate surface area is 93.5 Å². The molecule has 0 aliphatic carbocycles. The first kappa shape index (κ1) is 14.0. The molecule has 0 aromatic heterocycles. The molecular formula is C12H24N2O. The van der Waals surface area contributed by atoms with Gasteiger partial charge < -0.3 is 10.2 Å². The van der Waals surface area contributed by atoms with Crippen molar-refractivity contribution < 1.29 is 4.79 Å². The fourth-order valence-corrected chi connectivity index (χ4v) is 1.24. The van der Waals surface area contributed by atoms with E-state index in [-0.39, 0.29) is 12.1 Å². The zero-order valence-electron chi connectivity index (χ0n) is 10.4. The maximum absolute atomic E-state index is 11.4. The summed E-state index contributed by atoms with van der Waals surface area (Å²) in [5, 5.41) is 2.98. The van der Waals surface area contributed by atoms with Crippen molar-refractivity contribution in [3.8, 4) is 0 Å². The number of urea groups is 1. The van der Waals surface area contributed by atoms with Crippen molar-refractivity contribution in [2.24, 2.45) is 0 Å². The Morgan fingerprint density at radius 3 is 2.47 bits per heavy atom. The molecule has 0 saturated heterocycles. The average molecular weight is 212 g/mol. The minimum atomic E-state index is -0.0189. The van der Waals surface area contributed by atoms with E-state index in [9.17, 15) is 4.79 Å². The molecule has 0 radical (unpaired) electrons. The minimum Gasteiger partial charge on any atom is -0.332 e. The molecule has 1 unspecified atom stereocenters. The Morgan fingerprint density at radius 2 is 2.00 bits per heavy atom. The third-order valence-corrected chi connectivity index (χ3v) is 2.14. The molecule has 0 spiro atoms. The van der Waals surface area contributed by atoms with Crippen LogP contribution in [0.25, 0.3) is 0 Å². The van der Waals surface area contributed by atoms with Crippen molar-refractivity contribution in [3.63, 3.8) is 0 Å². The van der Waals surface area contributed by atoms with Gasteiger partial charge in [-0.25, -0.2) is 4.79 Å². The van der Waals surface area contributed by atoms with Gasteiger partial charge in [-0.3, -0.25) is 0 Å². The zero-order valence-corrected chi connectivity index (χ0v) is 10.4. The van der Waals surface area contributed by atoms with Crippen LogP contribution in [0.3, 0.4) is 0 Å². The summed E-state index contributed by atoms with van der Waals surface area (Å²) in [6, 6.07) is 0.158. The summed E-state index contributed by atoms with van der Waals surface area (Å²) in [6.45, 7) is 4.28. The summed E-state index contributed by atoms with van der Waals surface area (Å²) in [7, 11) is 3.52. The van der Waals surface area contributed by atoms with Crippen molar-refractivity contribution in [3.05, 3.63) is 12.2 Å². The lowest BCUT2D eigenvalue weighted by atomic mass is 10.1. The summed E-state index contributed by atoms with van der Waals surface area (Å²) < 4.78 is 0. The van der Waals surface area contributed by atoms with Crippen LogP contribution < -0.4 is 5.32 Å². The topological polar surface area (TPSA) is 32.3 Å². The van der Waals surface area contributed by atoms with E-state index in [0.717, 1.165) is 25.7 Å². The van der Waals surface area contributed by atoms with Crippen LogP contribution in [0.5, 0.6) is 0 Å². The third-order valence-electron chi connectivity index (χ3n) is 2.14. The molecule has 0 saturated carbocycles. The molecule has 3 nitrogen and oxygen atoms in total. The van der Waals surface area contributed by atoms with E-state index >= 15 is 0 Å². The van der Waals surface area contributed by atoms with E-state index in [2.05, 4.69) is 31.3 Å². The molecule has 15 heavy (non-hydrogen) atoms. The average Bonchev–Trinajstić information content (AvgIpc) is 2.18. The smallest absolute Gasteiger partial charge is 0.317 e. The SMILES string of the molecule is CCC/C=C/C(CCC)NC(=O)N(C)C. The van der Waals surface area contributed by atoms with Crippen LogP contribution in [0.4, 0.5) is 4.79 Å². The molecule has 1 N–H and O–H groups in total. The standard InChI is InChI=1S/C12H24N2O/c1-5-7-8-10-11(9-6-2)13-12(15)14(3)4/h8,10-11H,5-7,9H2,1-4H3,(H,13,15)/b10-8+. The third kappa shape index (κ3) is 7.00. The molecule has 0 bridgehead atoms. The number of nitrogens with zero attached hydrogens (tertiary/aromatic N) is 1. The van der Waals surface area contributed by atoms with Gasteiger partial charge in [-0.2, -0.15) is 0 Å². The summed E-state index contributed by atoms with van der Waals surface area (Å²) >= 11 is 0. The molecular weight excluding hydrogens is 188 g/mol. The number of allylic oxidation sites excluding steroid dienone is 1. The second-order valence-electron chi connectivity index (χ2n) is 3.96. The first-order chi connectivity index (χ1) is 7.11. The quantitative estimate of drug-likeness (QED) is 0.675. The Bertz CT molecular complexity index is 200. The van der Waals surface area contributed by atoms with Crippen molar-refractivity contribution in [1.29, 1.82) is 0 Å². The molecule has 0 heterocycles. The summed E-state index contributed by atoms with van der Waals surface area (Å²) in [4.78, 5) is 13.0. The van der Waals surface area contributed by atoms with E-state index in [4.69, 9.17) is 0 Å². The van der Waals surface area contributed by atoms with Crippen LogP contribution >= 0.6 is 0 Å². The van der Waals surface area contributed by atoms with Crippen molar-refractivity contribution in [2.45, 2.75) is 45.6 Å². The van der Waals surface area contributed by atoms with Crippen molar-refractivity contribution in [2.75, 3.05) is 14.1 Å². The highest BCUT2D eigenvalue weighted by molar-refractivity contribution is 5.74. The van der Waals surface area contributed by atoms with Gasteiger partial charge in [0.2, 0.25) is 0 Å². The minimum absolute atomic E-state index is 0.0189. The summed E-state index contributed by atoms with van der Waals surface area (Å²) in [5.74, 6) is 0. The van der Waals surface area contributed by atoms with Crippen LogP contribution in [-0.2, 0) is 0 Å². The van der Waals surface area contributed by atoms with Crippen molar-refractivity contribution in [1.82, 2.24) is 10.2 Å². The lowest BCUT2D eigenvalue weighted by Gasteiger charge is -2.18. The van der Waals surface area contributed by atoms with Gasteiger partial charge in [0, 0.05) is 20.1 Å². The van der Waals surface area contributed by atoms with Gasteiger partial charge in [0.1, 0.15) is 0 Å². The fourth-order valence-electron chi connectivity index (χ4n) is 1.24. The molecule has 3 heteroatoms. The fraction of sp³-hybridized carbons (Fsp3) is 0.750. The lowest BCUT2D eigenvalue weighted by molar-refractivity contribution is 0.214. The zero-order chi connectivity index (χ0) is 11.7. The second kappa shape index (κ2) is 8.33. The van der Waals surface area contributed by atoms with Crippen LogP contribution in [-0.4, -0.2) is 31.1 Å². The highest BCUT2D eigenvalue weighted by atomic mass is 16.2. The highest BCUT2D eigenvalue weighted by Crippen LogP contribution is 2.01. The first-order valence-corrected chi connectivity index (χ1v) is 5.76. The molecule has 0 aromatic rings. The molecule has 0 aliphatic heterocycles. The van der Waals surface area contributed by atoms with E-state index < -0.39 is 0 Å². The van der Waals surface area contributed by atoms with Gasteiger partial charge in [0.05, 0.1) is 0 Å². The molecule has 2 amide bonds. The van der Waals surface area contributed by atoms with Gasteiger partial charge >= 0.3 is 6.03 Å². The van der Waals surface area contributed by atoms with E-state index in [1.165, 1.54) is 0 Å². The Hall–Kier alpha value is -0.990. The number of hydrogen-bond acceptors (Lipinski definition) is 1. The molecule has 0 aromatic carbocycles. The Balaban J connectivity index is 4.08.